The molecule has 2 aromatic rings. The molecule has 1 amide bonds. The molecule has 0 aliphatic rings. The van der Waals surface area contributed by atoms with Crippen molar-refractivity contribution in [1.29, 1.82) is 0 Å². The lowest BCUT2D eigenvalue weighted by atomic mass is 10.1. The average Bonchev–Trinajstić information content (AvgIpc) is 2.74. The summed E-state index contributed by atoms with van der Waals surface area (Å²) in [6, 6.07) is 12.3. The Labute approximate surface area is 174 Å². The molecule has 0 fully saturated rings. The average molecular weight is 420 g/mol. The number of hydrogen-bond acceptors (Lipinski definition) is 4. The fraction of sp³-hybridized carbons (Fsp3) is 0.333. The number of methoxy groups -OCH3 is 1. The molecule has 2 rings (SSSR count). The Morgan fingerprint density at radius 3 is 2.43 bits per heavy atom. The van der Waals surface area contributed by atoms with E-state index in [1.54, 1.807) is 26.3 Å². The fourth-order valence-electron chi connectivity index (χ4n) is 2.63. The molecule has 30 heavy (non-hydrogen) atoms. The van der Waals surface area contributed by atoms with E-state index in [2.05, 4.69) is 25.7 Å². The molecule has 162 valence electrons. The number of nitrogens with zero attached hydrogens (tertiary/aromatic N) is 1. The third kappa shape index (κ3) is 7.57. The summed E-state index contributed by atoms with van der Waals surface area (Å²) in [5, 5.41) is 8.67. The van der Waals surface area contributed by atoms with Crippen LogP contribution in [0, 0.1) is 6.92 Å². The number of hydrogen-bond donors (Lipinski definition) is 3. The van der Waals surface area contributed by atoms with Crippen LogP contribution in [0.2, 0.25) is 0 Å². The van der Waals surface area contributed by atoms with Gasteiger partial charge < -0.3 is 25.4 Å². The normalized spacial score (nSPS) is 11.2. The highest BCUT2D eigenvalue weighted by Gasteiger charge is 2.11. The molecule has 7 nitrogen and oxygen atoms in total. The summed E-state index contributed by atoms with van der Waals surface area (Å²) < 4.78 is 34.8. The highest BCUT2D eigenvalue weighted by atomic mass is 19.3. The SMILES string of the molecule is CN=C(NCC(=O)NCc1ccc(OC)cc1)NCc1cc(C)ccc1OC(F)F. The number of ether oxygens (including phenoxy) is 2. The summed E-state index contributed by atoms with van der Waals surface area (Å²) in [6.07, 6.45) is 0. The number of amides is 1. The van der Waals surface area contributed by atoms with Crippen LogP contribution < -0.4 is 25.4 Å². The molecule has 0 heterocycles. The van der Waals surface area contributed by atoms with Crippen LogP contribution in [0.5, 0.6) is 11.5 Å². The maximum Gasteiger partial charge on any atom is 0.387 e. The number of carbonyl (C=O) groups is 1. The summed E-state index contributed by atoms with van der Waals surface area (Å²) in [5.74, 6) is 0.985. The minimum atomic E-state index is -2.90. The van der Waals surface area contributed by atoms with Crippen molar-refractivity contribution in [3.8, 4) is 11.5 Å². The standard InChI is InChI=1S/C21H26F2N4O3/c1-14-4-9-18(30-20(22)23)16(10-14)12-26-21(24-2)27-13-19(28)25-11-15-5-7-17(29-3)8-6-15/h4-10,20H,11-13H2,1-3H3,(H,25,28)(H2,24,26,27). The Bertz CT molecular complexity index is 858. The maximum atomic E-state index is 12.6. The lowest BCUT2D eigenvalue weighted by Crippen LogP contribution is -2.42. The molecule has 0 saturated carbocycles. The molecule has 0 saturated heterocycles. The highest BCUT2D eigenvalue weighted by Crippen LogP contribution is 2.21. The van der Waals surface area contributed by atoms with Gasteiger partial charge in [-0.3, -0.25) is 9.79 Å². The van der Waals surface area contributed by atoms with Gasteiger partial charge in [-0.05, 0) is 30.7 Å². The quantitative estimate of drug-likeness (QED) is 0.429. The van der Waals surface area contributed by atoms with E-state index in [4.69, 9.17) is 4.74 Å². The van der Waals surface area contributed by atoms with E-state index in [1.165, 1.54) is 6.07 Å². The predicted octanol–water partition coefficient (Wildman–Crippen LogP) is 2.59. The second-order valence-corrected chi connectivity index (χ2v) is 6.39. The van der Waals surface area contributed by atoms with Crippen LogP contribution in [0.25, 0.3) is 0 Å². The van der Waals surface area contributed by atoms with Crippen molar-refractivity contribution >= 4 is 11.9 Å². The number of aliphatic imine (C=N–C) groups is 1. The van der Waals surface area contributed by atoms with Gasteiger partial charge in [0, 0.05) is 25.7 Å². The van der Waals surface area contributed by atoms with Crippen LogP contribution >= 0.6 is 0 Å². The Morgan fingerprint density at radius 1 is 1.07 bits per heavy atom. The van der Waals surface area contributed by atoms with E-state index < -0.39 is 6.61 Å². The zero-order valence-electron chi connectivity index (χ0n) is 17.2. The lowest BCUT2D eigenvalue weighted by molar-refractivity contribution is -0.120. The minimum absolute atomic E-state index is 0.00400. The van der Waals surface area contributed by atoms with Gasteiger partial charge in [-0.1, -0.05) is 29.8 Å². The number of alkyl halides is 2. The molecule has 0 spiro atoms. The Kier molecular flexibility index (Phi) is 8.86. The molecule has 0 bridgehead atoms. The molecular formula is C21H26F2N4O3. The van der Waals surface area contributed by atoms with E-state index in [-0.39, 0.29) is 24.7 Å². The predicted molar refractivity (Wildman–Crippen MR) is 111 cm³/mol. The van der Waals surface area contributed by atoms with Crippen LogP contribution in [0.3, 0.4) is 0 Å². The van der Waals surface area contributed by atoms with E-state index in [0.717, 1.165) is 16.9 Å². The van der Waals surface area contributed by atoms with Gasteiger partial charge in [0.25, 0.3) is 0 Å². The van der Waals surface area contributed by atoms with Crippen LogP contribution in [-0.4, -0.2) is 39.2 Å². The van der Waals surface area contributed by atoms with Crippen molar-refractivity contribution in [2.75, 3.05) is 20.7 Å². The van der Waals surface area contributed by atoms with Crippen molar-refractivity contribution in [3.05, 3.63) is 59.2 Å². The largest absolute Gasteiger partial charge is 0.497 e. The third-order valence-corrected chi connectivity index (χ3v) is 4.17. The topological polar surface area (TPSA) is 84.0 Å². The minimum Gasteiger partial charge on any atom is -0.497 e. The first kappa shape index (κ1) is 22.9. The number of benzene rings is 2. The van der Waals surface area contributed by atoms with Gasteiger partial charge in [-0.15, -0.1) is 0 Å². The second-order valence-electron chi connectivity index (χ2n) is 6.39. The van der Waals surface area contributed by atoms with Crippen molar-refractivity contribution in [2.24, 2.45) is 4.99 Å². The molecule has 0 aliphatic carbocycles. The van der Waals surface area contributed by atoms with Crippen molar-refractivity contribution in [2.45, 2.75) is 26.6 Å². The summed E-state index contributed by atoms with van der Waals surface area (Å²) >= 11 is 0. The number of guanidine groups is 1. The van der Waals surface area contributed by atoms with E-state index in [9.17, 15) is 13.6 Å². The smallest absolute Gasteiger partial charge is 0.387 e. The molecular weight excluding hydrogens is 394 g/mol. The van der Waals surface area contributed by atoms with Crippen molar-refractivity contribution in [3.63, 3.8) is 0 Å². The van der Waals surface area contributed by atoms with Gasteiger partial charge in [0.1, 0.15) is 11.5 Å². The molecule has 0 atom stereocenters. The number of halogens is 2. The molecule has 0 unspecified atom stereocenters. The maximum absolute atomic E-state index is 12.6. The molecule has 2 aromatic carbocycles. The van der Waals surface area contributed by atoms with Crippen LogP contribution in [-0.2, 0) is 17.9 Å². The first-order valence-electron chi connectivity index (χ1n) is 9.29. The Morgan fingerprint density at radius 2 is 1.80 bits per heavy atom. The van der Waals surface area contributed by atoms with E-state index in [1.807, 2.05) is 31.2 Å². The zero-order chi connectivity index (χ0) is 21.9. The Balaban J connectivity index is 1.81. The molecule has 0 aliphatic heterocycles. The molecule has 9 heteroatoms. The first-order chi connectivity index (χ1) is 14.4. The van der Waals surface area contributed by atoms with Crippen LogP contribution in [0.1, 0.15) is 16.7 Å². The zero-order valence-corrected chi connectivity index (χ0v) is 17.2. The van der Waals surface area contributed by atoms with Crippen LogP contribution in [0.4, 0.5) is 8.78 Å². The molecule has 0 aromatic heterocycles. The van der Waals surface area contributed by atoms with Gasteiger partial charge in [-0.2, -0.15) is 8.78 Å². The van der Waals surface area contributed by atoms with Gasteiger partial charge in [0.2, 0.25) is 5.91 Å². The number of rotatable bonds is 9. The van der Waals surface area contributed by atoms with Gasteiger partial charge >= 0.3 is 6.61 Å². The summed E-state index contributed by atoms with van der Waals surface area (Å²) in [4.78, 5) is 16.1. The molecule has 3 N–H and O–H groups in total. The fourth-order valence-corrected chi connectivity index (χ4v) is 2.63. The summed E-state index contributed by atoms with van der Waals surface area (Å²) in [6.45, 7) is -0.455. The first-order valence-corrected chi connectivity index (χ1v) is 9.29. The van der Waals surface area contributed by atoms with E-state index in [0.29, 0.717) is 18.1 Å². The van der Waals surface area contributed by atoms with Gasteiger partial charge in [0.05, 0.1) is 13.7 Å². The highest BCUT2D eigenvalue weighted by molar-refractivity contribution is 5.86. The number of carbonyl (C=O) groups excluding carboxylic acids is 1. The van der Waals surface area contributed by atoms with Crippen LogP contribution in [0.15, 0.2) is 47.5 Å². The van der Waals surface area contributed by atoms with Gasteiger partial charge in [0.15, 0.2) is 5.96 Å². The number of nitrogens with one attached hydrogen (secondary N) is 3. The lowest BCUT2D eigenvalue weighted by Gasteiger charge is -2.15. The van der Waals surface area contributed by atoms with Crippen molar-refractivity contribution in [1.82, 2.24) is 16.0 Å². The van der Waals surface area contributed by atoms with E-state index >= 15 is 0 Å². The van der Waals surface area contributed by atoms with Crippen molar-refractivity contribution < 1.29 is 23.0 Å². The van der Waals surface area contributed by atoms with Gasteiger partial charge in [-0.25, -0.2) is 0 Å². The third-order valence-electron chi connectivity index (χ3n) is 4.17. The number of aryl methyl sites for hydroxylation is 1. The Hall–Kier alpha value is -3.36. The monoisotopic (exact) mass is 420 g/mol. The summed E-state index contributed by atoms with van der Waals surface area (Å²) in [5.41, 5.74) is 2.41. The second kappa shape index (κ2) is 11.6. The molecule has 0 radical (unpaired) electrons. The summed E-state index contributed by atoms with van der Waals surface area (Å²) in [7, 11) is 3.15.